The Morgan fingerprint density at radius 1 is 1.19 bits per heavy atom. The number of hydrogen-bond acceptors (Lipinski definition) is 3. The second kappa shape index (κ2) is 7.90. The van der Waals surface area contributed by atoms with Gasteiger partial charge in [0.05, 0.1) is 5.02 Å². The van der Waals surface area contributed by atoms with Gasteiger partial charge in [-0.1, -0.05) is 48.0 Å². The zero-order valence-electron chi connectivity index (χ0n) is 13.9. The lowest BCUT2D eigenvalue weighted by Gasteiger charge is -2.13. The van der Waals surface area contributed by atoms with Crippen LogP contribution in [0.4, 0.5) is 4.39 Å². The van der Waals surface area contributed by atoms with Gasteiger partial charge in [0, 0.05) is 11.1 Å². The fourth-order valence-electron chi connectivity index (χ4n) is 2.66. The molecule has 0 saturated carbocycles. The third-order valence-electron chi connectivity index (χ3n) is 4.00. The molecule has 0 saturated heterocycles. The molecule has 0 aliphatic heterocycles. The number of carbonyl (C=O) groups is 1. The molecule has 0 aliphatic rings. The number of carboxylic acid groups (broad SMARTS) is 1. The van der Waals surface area contributed by atoms with E-state index in [4.69, 9.17) is 21.6 Å². The van der Waals surface area contributed by atoms with Gasteiger partial charge in [-0.2, -0.15) is 5.26 Å². The van der Waals surface area contributed by atoms with Gasteiger partial charge in [0.25, 0.3) is 0 Å². The zero-order chi connectivity index (χ0) is 19.4. The SMILES string of the molecule is N#CC(=Cc1c(OCc2c(F)cccc2Cl)ccc2ccccc12)C(=O)O. The van der Waals surface area contributed by atoms with Crippen molar-refractivity contribution in [3.63, 3.8) is 0 Å². The molecule has 27 heavy (non-hydrogen) atoms. The number of fused-ring (bicyclic) bond motifs is 1. The van der Waals surface area contributed by atoms with Crippen molar-refractivity contribution in [3.05, 3.63) is 82.1 Å². The van der Waals surface area contributed by atoms with Crippen LogP contribution in [0.5, 0.6) is 5.75 Å². The van der Waals surface area contributed by atoms with Crippen molar-refractivity contribution >= 4 is 34.4 Å². The molecule has 6 heteroatoms. The lowest BCUT2D eigenvalue weighted by molar-refractivity contribution is -0.132. The minimum Gasteiger partial charge on any atom is -0.488 e. The van der Waals surface area contributed by atoms with Crippen LogP contribution < -0.4 is 4.74 Å². The predicted molar refractivity (Wildman–Crippen MR) is 101 cm³/mol. The molecular formula is C21H13ClFNO3. The van der Waals surface area contributed by atoms with Crippen LogP contribution in [-0.2, 0) is 11.4 Å². The van der Waals surface area contributed by atoms with E-state index in [2.05, 4.69) is 0 Å². The van der Waals surface area contributed by atoms with Gasteiger partial charge in [-0.15, -0.1) is 0 Å². The highest BCUT2D eigenvalue weighted by molar-refractivity contribution is 6.31. The molecular weight excluding hydrogens is 369 g/mol. The average Bonchev–Trinajstić information content (AvgIpc) is 2.66. The fourth-order valence-corrected chi connectivity index (χ4v) is 2.87. The number of halogens is 2. The number of nitriles is 1. The number of nitrogens with zero attached hydrogens (tertiary/aromatic N) is 1. The van der Waals surface area contributed by atoms with Crippen LogP contribution in [0.3, 0.4) is 0 Å². The minimum atomic E-state index is -1.34. The Kier molecular flexibility index (Phi) is 5.39. The van der Waals surface area contributed by atoms with Crippen LogP contribution in [-0.4, -0.2) is 11.1 Å². The van der Waals surface area contributed by atoms with E-state index >= 15 is 0 Å². The predicted octanol–water partition coefficient (Wildman–Crippen LogP) is 5.20. The summed E-state index contributed by atoms with van der Waals surface area (Å²) in [5, 5.41) is 20.1. The van der Waals surface area contributed by atoms with Gasteiger partial charge in [-0.25, -0.2) is 9.18 Å². The molecule has 0 radical (unpaired) electrons. The highest BCUT2D eigenvalue weighted by atomic mass is 35.5. The van der Waals surface area contributed by atoms with E-state index < -0.39 is 17.4 Å². The summed E-state index contributed by atoms with van der Waals surface area (Å²) in [6, 6.07) is 16.7. The average molecular weight is 382 g/mol. The summed E-state index contributed by atoms with van der Waals surface area (Å²) in [5.74, 6) is -1.51. The minimum absolute atomic E-state index is 0.139. The molecule has 3 rings (SSSR count). The van der Waals surface area contributed by atoms with Crippen molar-refractivity contribution in [2.75, 3.05) is 0 Å². The third-order valence-corrected chi connectivity index (χ3v) is 4.36. The van der Waals surface area contributed by atoms with Crippen LogP contribution >= 0.6 is 11.6 Å². The number of ether oxygens (including phenoxy) is 1. The molecule has 3 aromatic rings. The van der Waals surface area contributed by atoms with Crippen LogP contribution in [0.1, 0.15) is 11.1 Å². The van der Waals surface area contributed by atoms with Crippen LogP contribution in [0.25, 0.3) is 16.8 Å². The Morgan fingerprint density at radius 3 is 2.67 bits per heavy atom. The highest BCUT2D eigenvalue weighted by Crippen LogP contribution is 2.31. The first kappa shape index (κ1) is 18.4. The smallest absolute Gasteiger partial charge is 0.346 e. The number of carboxylic acids is 1. The first-order chi connectivity index (χ1) is 13.0. The molecule has 0 bridgehead atoms. The first-order valence-corrected chi connectivity index (χ1v) is 8.31. The van der Waals surface area contributed by atoms with E-state index in [0.717, 1.165) is 5.39 Å². The van der Waals surface area contributed by atoms with E-state index in [-0.39, 0.29) is 17.2 Å². The summed E-state index contributed by atoms with van der Waals surface area (Å²) in [7, 11) is 0. The standard InChI is InChI=1S/C21H13ClFNO3/c22-18-6-3-7-19(23)17(18)12-27-20-9-8-13-4-1-2-5-15(13)16(20)10-14(11-24)21(25)26/h1-10H,12H2,(H,25,26). The molecule has 134 valence electrons. The number of hydrogen-bond donors (Lipinski definition) is 1. The number of aliphatic carboxylic acids is 1. The van der Waals surface area contributed by atoms with Gasteiger partial charge in [0.15, 0.2) is 0 Å². The molecule has 0 atom stereocenters. The summed E-state index contributed by atoms with van der Waals surface area (Å²) in [4.78, 5) is 11.3. The Morgan fingerprint density at radius 2 is 1.96 bits per heavy atom. The van der Waals surface area contributed by atoms with Crippen molar-refractivity contribution in [1.82, 2.24) is 0 Å². The van der Waals surface area contributed by atoms with Crippen LogP contribution in [0.2, 0.25) is 5.02 Å². The van der Waals surface area contributed by atoms with E-state index in [1.54, 1.807) is 36.4 Å². The van der Waals surface area contributed by atoms with Gasteiger partial charge >= 0.3 is 5.97 Å². The normalized spacial score (nSPS) is 11.2. The summed E-state index contributed by atoms with van der Waals surface area (Å²) >= 11 is 6.03. The van der Waals surface area contributed by atoms with Crippen molar-refractivity contribution < 1.29 is 19.0 Å². The highest BCUT2D eigenvalue weighted by Gasteiger charge is 2.14. The Labute approximate surface area is 159 Å². The maximum Gasteiger partial charge on any atom is 0.346 e. The van der Waals surface area contributed by atoms with Gasteiger partial charge < -0.3 is 9.84 Å². The monoisotopic (exact) mass is 381 g/mol. The Balaban J connectivity index is 2.09. The molecule has 0 heterocycles. The Hall–Kier alpha value is -3.36. The lowest BCUT2D eigenvalue weighted by atomic mass is 10.0. The van der Waals surface area contributed by atoms with Crippen LogP contribution in [0, 0.1) is 17.1 Å². The third kappa shape index (κ3) is 3.91. The Bertz CT molecular complexity index is 1080. The van der Waals surface area contributed by atoms with Gasteiger partial charge in [-0.3, -0.25) is 0 Å². The molecule has 0 fully saturated rings. The molecule has 0 amide bonds. The largest absolute Gasteiger partial charge is 0.488 e. The van der Waals surface area contributed by atoms with E-state index in [1.807, 2.05) is 12.1 Å². The fraction of sp³-hybridized carbons (Fsp3) is 0.0476. The zero-order valence-corrected chi connectivity index (χ0v) is 14.7. The first-order valence-electron chi connectivity index (χ1n) is 7.94. The molecule has 0 aliphatic carbocycles. The second-order valence-corrected chi connectivity index (χ2v) is 6.07. The summed E-state index contributed by atoms with van der Waals surface area (Å²) in [6.07, 6.45) is 1.25. The molecule has 4 nitrogen and oxygen atoms in total. The molecule has 3 aromatic carbocycles. The maximum atomic E-state index is 14.0. The van der Waals surface area contributed by atoms with Crippen molar-refractivity contribution in [3.8, 4) is 11.8 Å². The maximum absolute atomic E-state index is 14.0. The second-order valence-electron chi connectivity index (χ2n) is 5.66. The molecule has 0 spiro atoms. The van der Waals surface area contributed by atoms with E-state index in [0.29, 0.717) is 16.7 Å². The summed E-state index contributed by atoms with van der Waals surface area (Å²) in [6.45, 7) is -0.139. The van der Waals surface area contributed by atoms with Crippen LogP contribution in [0.15, 0.2) is 60.2 Å². The summed E-state index contributed by atoms with van der Waals surface area (Å²) < 4.78 is 19.7. The molecule has 0 unspecified atom stereocenters. The van der Waals surface area contributed by atoms with Crippen molar-refractivity contribution in [2.24, 2.45) is 0 Å². The number of benzene rings is 3. The van der Waals surface area contributed by atoms with Crippen molar-refractivity contribution in [1.29, 1.82) is 5.26 Å². The lowest BCUT2D eigenvalue weighted by Crippen LogP contribution is -2.02. The quantitative estimate of drug-likeness (QED) is 0.487. The summed E-state index contributed by atoms with van der Waals surface area (Å²) in [5.41, 5.74) is 0.195. The van der Waals surface area contributed by atoms with E-state index in [1.165, 1.54) is 18.2 Å². The van der Waals surface area contributed by atoms with Gasteiger partial charge in [0.2, 0.25) is 0 Å². The topological polar surface area (TPSA) is 70.3 Å². The van der Waals surface area contributed by atoms with Gasteiger partial charge in [0.1, 0.15) is 29.8 Å². The molecule has 0 aromatic heterocycles. The van der Waals surface area contributed by atoms with Gasteiger partial charge in [-0.05, 0) is 35.0 Å². The van der Waals surface area contributed by atoms with Crippen molar-refractivity contribution in [2.45, 2.75) is 6.61 Å². The number of rotatable bonds is 5. The van der Waals surface area contributed by atoms with E-state index in [9.17, 15) is 14.3 Å². The molecule has 1 N–H and O–H groups in total.